The Hall–Kier alpha value is -1.06. The van der Waals surface area contributed by atoms with Crippen molar-refractivity contribution in [3.05, 3.63) is 28.8 Å². The quantitative estimate of drug-likeness (QED) is 0.730. The van der Waals surface area contributed by atoms with E-state index in [-0.39, 0.29) is 17.8 Å². The molecule has 1 aromatic rings. The Bertz CT molecular complexity index is 367. The molecule has 0 radical (unpaired) electrons. The summed E-state index contributed by atoms with van der Waals surface area (Å²) in [5.74, 6) is 0.289. The summed E-state index contributed by atoms with van der Waals surface area (Å²) in [4.78, 5) is 0. The first-order valence-corrected chi connectivity index (χ1v) is 5.56. The van der Waals surface area contributed by atoms with Crippen molar-refractivity contribution in [3.8, 4) is 5.75 Å². The van der Waals surface area contributed by atoms with E-state index in [9.17, 15) is 5.11 Å². The molecule has 0 unspecified atom stereocenters. The molecule has 0 saturated heterocycles. The summed E-state index contributed by atoms with van der Waals surface area (Å²) < 4.78 is 0. The summed E-state index contributed by atoms with van der Waals surface area (Å²) in [5, 5.41) is 19.0. The van der Waals surface area contributed by atoms with Gasteiger partial charge in [0.15, 0.2) is 0 Å². The van der Waals surface area contributed by atoms with Crippen LogP contribution in [0.15, 0.2) is 12.1 Å². The molecule has 0 atom stereocenters. The lowest BCUT2D eigenvalue weighted by molar-refractivity contribution is 0.299. The van der Waals surface area contributed by atoms with Crippen LogP contribution in [-0.4, -0.2) is 16.8 Å². The largest absolute Gasteiger partial charge is 0.507 e. The number of hydrogen-bond donors (Lipinski definition) is 3. The van der Waals surface area contributed by atoms with Gasteiger partial charge >= 0.3 is 0 Å². The number of nitrogens with two attached hydrogens (primary N) is 1. The van der Waals surface area contributed by atoms with Crippen LogP contribution in [0.4, 0.5) is 0 Å². The first-order valence-electron chi connectivity index (χ1n) is 5.56. The predicted molar refractivity (Wildman–Crippen MR) is 65.5 cm³/mol. The molecule has 1 aromatic carbocycles. The van der Waals surface area contributed by atoms with Crippen molar-refractivity contribution in [3.63, 3.8) is 0 Å². The lowest BCUT2D eigenvalue weighted by atomic mass is 9.83. The van der Waals surface area contributed by atoms with E-state index in [1.165, 1.54) is 0 Å². The summed E-state index contributed by atoms with van der Waals surface area (Å²) in [5.41, 5.74) is 8.13. The lowest BCUT2D eigenvalue weighted by Crippen LogP contribution is -2.14. The van der Waals surface area contributed by atoms with Crippen molar-refractivity contribution in [1.82, 2.24) is 0 Å². The highest BCUT2D eigenvalue weighted by Crippen LogP contribution is 2.34. The van der Waals surface area contributed by atoms with Crippen LogP contribution in [0.1, 0.15) is 37.5 Å². The van der Waals surface area contributed by atoms with Gasteiger partial charge in [0.05, 0.1) is 0 Å². The minimum atomic E-state index is -0.126. The third-order valence-corrected chi connectivity index (χ3v) is 2.68. The van der Waals surface area contributed by atoms with E-state index in [0.717, 1.165) is 16.7 Å². The summed E-state index contributed by atoms with van der Waals surface area (Å²) in [7, 11) is 0. The minimum Gasteiger partial charge on any atom is -0.507 e. The Morgan fingerprint density at radius 3 is 2.31 bits per heavy atom. The monoisotopic (exact) mass is 223 g/mol. The summed E-state index contributed by atoms with van der Waals surface area (Å²) in [6.45, 7) is 6.56. The van der Waals surface area contributed by atoms with Crippen molar-refractivity contribution in [2.45, 2.75) is 39.2 Å². The molecule has 0 amide bonds. The van der Waals surface area contributed by atoms with Gasteiger partial charge in [-0.3, -0.25) is 0 Å². The predicted octanol–water partition coefficient (Wildman–Crippen LogP) is 1.68. The molecule has 16 heavy (non-hydrogen) atoms. The molecule has 90 valence electrons. The fourth-order valence-electron chi connectivity index (χ4n) is 1.76. The van der Waals surface area contributed by atoms with Gasteiger partial charge in [0.25, 0.3) is 0 Å². The van der Waals surface area contributed by atoms with E-state index in [1.807, 2.05) is 32.9 Å². The molecule has 4 N–H and O–H groups in total. The van der Waals surface area contributed by atoms with Gasteiger partial charge in [0.2, 0.25) is 0 Å². The zero-order valence-corrected chi connectivity index (χ0v) is 10.2. The van der Waals surface area contributed by atoms with E-state index in [1.54, 1.807) is 0 Å². The number of aliphatic hydroxyl groups excluding tert-OH is 1. The third kappa shape index (κ3) is 2.74. The SMILES string of the molecule is CC(C)(C)c1cc(CCO)cc(CN)c1O. The van der Waals surface area contributed by atoms with E-state index in [4.69, 9.17) is 10.8 Å². The van der Waals surface area contributed by atoms with Crippen LogP contribution in [0.2, 0.25) is 0 Å². The van der Waals surface area contributed by atoms with Crippen molar-refractivity contribution >= 4 is 0 Å². The fraction of sp³-hybridized carbons (Fsp3) is 0.538. The van der Waals surface area contributed by atoms with Crippen LogP contribution >= 0.6 is 0 Å². The highest BCUT2D eigenvalue weighted by atomic mass is 16.3. The highest BCUT2D eigenvalue weighted by molar-refractivity contribution is 5.47. The second kappa shape index (κ2) is 4.85. The zero-order chi connectivity index (χ0) is 12.3. The minimum absolute atomic E-state index is 0.109. The number of aliphatic hydroxyl groups is 1. The second-order valence-electron chi connectivity index (χ2n) is 5.08. The van der Waals surface area contributed by atoms with E-state index >= 15 is 0 Å². The summed E-state index contributed by atoms with van der Waals surface area (Å²) >= 11 is 0. The molecular weight excluding hydrogens is 202 g/mol. The Labute approximate surface area is 96.9 Å². The Morgan fingerprint density at radius 1 is 1.25 bits per heavy atom. The van der Waals surface area contributed by atoms with Crippen LogP contribution in [0, 0.1) is 0 Å². The smallest absolute Gasteiger partial charge is 0.123 e. The van der Waals surface area contributed by atoms with Crippen LogP contribution in [0.5, 0.6) is 5.75 Å². The van der Waals surface area contributed by atoms with Gasteiger partial charge in [0, 0.05) is 18.7 Å². The van der Waals surface area contributed by atoms with Crippen molar-refractivity contribution in [2.75, 3.05) is 6.61 Å². The maximum atomic E-state index is 10.1. The van der Waals surface area contributed by atoms with Gasteiger partial charge in [0.1, 0.15) is 5.75 Å². The average Bonchev–Trinajstić information content (AvgIpc) is 2.19. The molecular formula is C13H21NO2. The van der Waals surface area contributed by atoms with Crippen LogP contribution in [0.25, 0.3) is 0 Å². The van der Waals surface area contributed by atoms with E-state index in [2.05, 4.69) is 0 Å². The zero-order valence-electron chi connectivity index (χ0n) is 10.2. The van der Waals surface area contributed by atoms with E-state index in [0.29, 0.717) is 13.0 Å². The molecule has 1 rings (SSSR count). The first kappa shape index (κ1) is 13.0. The maximum Gasteiger partial charge on any atom is 0.123 e. The Morgan fingerprint density at radius 2 is 1.88 bits per heavy atom. The molecule has 0 bridgehead atoms. The fourth-order valence-corrected chi connectivity index (χ4v) is 1.76. The molecule has 0 saturated carbocycles. The number of phenolic OH excluding ortho intramolecular Hbond substituents is 1. The number of benzene rings is 1. The molecule has 0 spiro atoms. The van der Waals surface area contributed by atoms with Crippen molar-refractivity contribution in [1.29, 1.82) is 0 Å². The average molecular weight is 223 g/mol. The van der Waals surface area contributed by atoms with Crippen LogP contribution < -0.4 is 5.73 Å². The van der Waals surface area contributed by atoms with Crippen molar-refractivity contribution in [2.24, 2.45) is 5.73 Å². The van der Waals surface area contributed by atoms with Crippen molar-refractivity contribution < 1.29 is 10.2 Å². The van der Waals surface area contributed by atoms with Gasteiger partial charge in [-0.25, -0.2) is 0 Å². The molecule has 3 nitrogen and oxygen atoms in total. The molecule has 0 fully saturated rings. The Kier molecular flexibility index (Phi) is 3.94. The van der Waals surface area contributed by atoms with Gasteiger partial charge in [-0.05, 0) is 23.0 Å². The van der Waals surface area contributed by atoms with Gasteiger partial charge < -0.3 is 15.9 Å². The maximum absolute atomic E-state index is 10.1. The standard InChI is InChI=1S/C13H21NO2/c1-13(2,3)11-7-9(4-5-15)6-10(8-14)12(11)16/h6-7,15-16H,4-5,8,14H2,1-3H3. The number of rotatable bonds is 3. The van der Waals surface area contributed by atoms with Gasteiger partial charge in [-0.2, -0.15) is 0 Å². The van der Waals surface area contributed by atoms with Gasteiger partial charge in [-0.15, -0.1) is 0 Å². The van der Waals surface area contributed by atoms with E-state index < -0.39 is 0 Å². The number of aromatic hydroxyl groups is 1. The third-order valence-electron chi connectivity index (χ3n) is 2.68. The summed E-state index contributed by atoms with van der Waals surface area (Å²) in [6.07, 6.45) is 0.594. The normalized spacial score (nSPS) is 11.8. The lowest BCUT2D eigenvalue weighted by Gasteiger charge is -2.23. The number of phenols is 1. The second-order valence-corrected chi connectivity index (χ2v) is 5.08. The molecule has 0 aliphatic carbocycles. The first-order chi connectivity index (χ1) is 7.40. The summed E-state index contributed by atoms with van der Waals surface area (Å²) in [6, 6.07) is 3.81. The molecule has 0 heterocycles. The molecule has 0 aliphatic rings. The highest BCUT2D eigenvalue weighted by Gasteiger charge is 2.20. The Balaban J connectivity index is 3.30. The topological polar surface area (TPSA) is 66.5 Å². The molecule has 0 aliphatic heterocycles. The van der Waals surface area contributed by atoms with Crippen LogP contribution in [-0.2, 0) is 18.4 Å². The number of hydrogen-bond acceptors (Lipinski definition) is 3. The van der Waals surface area contributed by atoms with Crippen LogP contribution in [0.3, 0.4) is 0 Å². The molecule has 3 heteroatoms. The van der Waals surface area contributed by atoms with Gasteiger partial charge in [-0.1, -0.05) is 32.9 Å². The molecule has 0 aromatic heterocycles.